The maximum Gasteiger partial charge on any atom is 0.251 e. The van der Waals surface area contributed by atoms with E-state index >= 15 is 0 Å². The van der Waals surface area contributed by atoms with Crippen LogP contribution in [0, 0.1) is 5.82 Å². The lowest BCUT2D eigenvalue weighted by Gasteiger charge is -2.16. The Kier molecular flexibility index (Phi) is 6.71. The summed E-state index contributed by atoms with van der Waals surface area (Å²) in [4.78, 5) is 13.8. The third kappa shape index (κ3) is 5.14. The average molecular weight is 395 g/mol. The molecule has 5 heteroatoms. The van der Waals surface area contributed by atoms with Crippen molar-refractivity contribution in [1.29, 1.82) is 0 Å². The Morgan fingerprint density at radius 2 is 1.79 bits per heavy atom. The van der Waals surface area contributed by atoms with Gasteiger partial charge in [0.25, 0.3) is 5.91 Å². The molecule has 1 atom stereocenters. The van der Waals surface area contributed by atoms with E-state index in [9.17, 15) is 9.18 Å². The zero-order chi connectivity index (χ0) is 19.9. The number of benzene rings is 3. The van der Waals surface area contributed by atoms with Gasteiger partial charge >= 0.3 is 0 Å². The lowest BCUT2D eigenvalue weighted by molar-refractivity contribution is 0.0939. The molecule has 3 aromatic rings. The first-order valence-corrected chi connectivity index (χ1v) is 9.96. The number of carbonyl (C=O) groups is 1. The van der Waals surface area contributed by atoms with Crippen molar-refractivity contribution in [3.63, 3.8) is 0 Å². The second-order valence-electron chi connectivity index (χ2n) is 6.38. The van der Waals surface area contributed by atoms with Gasteiger partial charge in [0.1, 0.15) is 11.6 Å². The monoisotopic (exact) mass is 395 g/mol. The number of methoxy groups -OCH3 is 1. The fourth-order valence-electron chi connectivity index (χ4n) is 2.83. The summed E-state index contributed by atoms with van der Waals surface area (Å²) in [5, 5.41) is 2.96. The highest BCUT2D eigenvalue weighted by Gasteiger charge is 2.14. The molecule has 144 valence electrons. The Morgan fingerprint density at radius 3 is 2.46 bits per heavy atom. The Labute approximate surface area is 168 Å². The molecule has 1 amide bonds. The maximum absolute atomic E-state index is 13.1. The zero-order valence-corrected chi connectivity index (χ0v) is 16.6. The van der Waals surface area contributed by atoms with Crippen molar-refractivity contribution in [3.8, 4) is 5.75 Å². The molecule has 0 aliphatic rings. The fourth-order valence-corrected chi connectivity index (χ4v) is 3.72. The number of ether oxygens (including phenoxy) is 1. The first-order chi connectivity index (χ1) is 13.6. The van der Waals surface area contributed by atoms with E-state index in [1.54, 1.807) is 37.1 Å². The molecule has 0 unspecified atom stereocenters. The first-order valence-electron chi connectivity index (χ1n) is 8.98. The summed E-state index contributed by atoms with van der Waals surface area (Å²) in [6, 6.07) is 21.4. The zero-order valence-electron chi connectivity index (χ0n) is 15.8. The lowest BCUT2D eigenvalue weighted by Crippen LogP contribution is -2.26. The van der Waals surface area contributed by atoms with Crippen LogP contribution < -0.4 is 10.1 Å². The van der Waals surface area contributed by atoms with E-state index in [0.29, 0.717) is 11.3 Å². The van der Waals surface area contributed by atoms with Gasteiger partial charge in [-0.05, 0) is 55.0 Å². The van der Waals surface area contributed by atoms with Crippen LogP contribution >= 0.6 is 11.8 Å². The molecule has 1 N–H and O–H groups in total. The highest BCUT2D eigenvalue weighted by molar-refractivity contribution is 7.98. The first kappa shape index (κ1) is 20.0. The quantitative estimate of drug-likeness (QED) is 0.528. The third-order valence-electron chi connectivity index (χ3n) is 4.40. The highest BCUT2D eigenvalue weighted by Crippen LogP contribution is 2.29. The van der Waals surface area contributed by atoms with Gasteiger partial charge in [-0.3, -0.25) is 4.79 Å². The molecule has 0 radical (unpaired) electrons. The SMILES string of the molecule is COc1ccc(C(=O)N[C@H](C)c2ccc(F)cc2)cc1CSc1ccccc1. The van der Waals surface area contributed by atoms with Gasteiger partial charge in [0.15, 0.2) is 0 Å². The van der Waals surface area contributed by atoms with Crippen molar-refractivity contribution in [2.24, 2.45) is 0 Å². The molecule has 0 fully saturated rings. The minimum atomic E-state index is -0.294. The van der Waals surface area contributed by atoms with Gasteiger partial charge < -0.3 is 10.1 Å². The van der Waals surface area contributed by atoms with Gasteiger partial charge in [0.2, 0.25) is 0 Å². The molecule has 0 spiro atoms. The van der Waals surface area contributed by atoms with Crippen LogP contribution in [0.1, 0.15) is 34.5 Å². The second-order valence-corrected chi connectivity index (χ2v) is 7.42. The van der Waals surface area contributed by atoms with E-state index in [4.69, 9.17) is 4.74 Å². The summed E-state index contributed by atoms with van der Waals surface area (Å²) < 4.78 is 18.5. The predicted molar refractivity (Wildman–Crippen MR) is 111 cm³/mol. The average Bonchev–Trinajstić information content (AvgIpc) is 2.73. The lowest BCUT2D eigenvalue weighted by atomic mass is 10.1. The van der Waals surface area contributed by atoms with Gasteiger partial charge in [-0.15, -0.1) is 11.8 Å². The minimum absolute atomic E-state index is 0.176. The molecule has 0 saturated heterocycles. The second kappa shape index (κ2) is 9.42. The molecule has 3 nitrogen and oxygen atoms in total. The highest BCUT2D eigenvalue weighted by atomic mass is 32.2. The summed E-state index contributed by atoms with van der Waals surface area (Å²) in [7, 11) is 1.63. The normalized spacial score (nSPS) is 11.7. The molecule has 28 heavy (non-hydrogen) atoms. The summed E-state index contributed by atoms with van der Waals surface area (Å²) in [6.45, 7) is 1.88. The van der Waals surface area contributed by atoms with Crippen LogP contribution in [0.3, 0.4) is 0 Å². The Balaban J connectivity index is 1.72. The van der Waals surface area contributed by atoms with Gasteiger partial charge in [0.05, 0.1) is 13.2 Å². The number of halogens is 1. The van der Waals surface area contributed by atoms with Crippen LogP contribution in [0.5, 0.6) is 5.75 Å². The van der Waals surface area contributed by atoms with Crippen molar-refractivity contribution in [2.75, 3.05) is 7.11 Å². The molecule has 0 heterocycles. The molecule has 0 aliphatic carbocycles. The van der Waals surface area contributed by atoms with Crippen LogP contribution in [0.15, 0.2) is 77.7 Å². The van der Waals surface area contributed by atoms with Crippen LogP contribution in [-0.4, -0.2) is 13.0 Å². The van der Waals surface area contributed by atoms with Gasteiger partial charge in [-0.2, -0.15) is 0 Å². The van der Waals surface area contributed by atoms with E-state index in [-0.39, 0.29) is 17.8 Å². The van der Waals surface area contributed by atoms with Crippen LogP contribution in [0.4, 0.5) is 4.39 Å². The number of thioether (sulfide) groups is 1. The molecule has 0 aliphatic heterocycles. The number of hydrogen-bond donors (Lipinski definition) is 1. The smallest absolute Gasteiger partial charge is 0.251 e. The van der Waals surface area contributed by atoms with Crippen molar-refractivity contribution in [3.05, 3.63) is 95.3 Å². The number of nitrogens with one attached hydrogen (secondary N) is 1. The Bertz CT molecular complexity index is 929. The predicted octanol–water partition coefficient (Wildman–Crippen LogP) is 5.62. The van der Waals surface area contributed by atoms with Gasteiger partial charge in [-0.25, -0.2) is 4.39 Å². The van der Waals surface area contributed by atoms with Crippen molar-refractivity contribution in [2.45, 2.75) is 23.6 Å². The largest absolute Gasteiger partial charge is 0.496 e. The van der Waals surface area contributed by atoms with Crippen LogP contribution in [0.25, 0.3) is 0 Å². The summed E-state index contributed by atoms with van der Waals surface area (Å²) >= 11 is 1.69. The molecule has 0 saturated carbocycles. The van der Waals surface area contributed by atoms with Crippen molar-refractivity contribution in [1.82, 2.24) is 5.32 Å². The van der Waals surface area contributed by atoms with E-state index in [1.165, 1.54) is 12.1 Å². The van der Waals surface area contributed by atoms with E-state index in [0.717, 1.165) is 21.8 Å². The number of carbonyl (C=O) groups excluding carboxylic acids is 1. The number of amides is 1. The fraction of sp³-hybridized carbons (Fsp3) is 0.174. The van der Waals surface area contributed by atoms with Gasteiger partial charge in [0, 0.05) is 21.8 Å². The number of rotatable bonds is 7. The molecular formula is C23H22FNO2S. The Morgan fingerprint density at radius 1 is 1.07 bits per heavy atom. The van der Waals surface area contributed by atoms with Crippen molar-refractivity contribution < 1.29 is 13.9 Å². The van der Waals surface area contributed by atoms with E-state index < -0.39 is 0 Å². The Hall–Kier alpha value is -2.79. The molecular weight excluding hydrogens is 373 g/mol. The standard InChI is InChI=1S/C23H22FNO2S/c1-16(17-8-11-20(24)12-9-17)25-23(26)18-10-13-22(27-2)19(14-18)15-28-21-6-4-3-5-7-21/h3-14,16H,15H2,1-2H3,(H,25,26)/t16-/m1/s1. The summed E-state index contributed by atoms with van der Waals surface area (Å²) in [5.74, 6) is 0.983. The van der Waals surface area contributed by atoms with Crippen LogP contribution in [-0.2, 0) is 5.75 Å². The summed E-state index contributed by atoms with van der Waals surface area (Å²) in [6.07, 6.45) is 0. The molecule has 0 aromatic heterocycles. The van der Waals surface area contributed by atoms with E-state index in [2.05, 4.69) is 17.4 Å². The summed E-state index contributed by atoms with van der Waals surface area (Å²) in [5.41, 5.74) is 2.37. The van der Waals surface area contributed by atoms with Gasteiger partial charge in [-0.1, -0.05) is 30.3 Å². The minimum Gasteiger partial charge on any atom is -0.496 e. The topological polar surface area (TPSA) is 38.3 Å². The number of hydrogen-bond acceptors (Lipinski definition) is 3. The van der Waals surface area contributed by atoms with Crippen molar-refractivity contribution >= 4 is 17.7 Å². The van der Waals surface area contributed by atoms with Crippen LogP contribution in [0.2, 0.25) is 0 Å². The van der Waals surface area contributed by atoms with E-state index in [1.807, 2.05) is 37.3 Å². The molecule has 3 rings (SSSR count). The molecule has 0 bridgehead atoms. The third-order valence-corrected chi connectivity index (χ3v) is 5.46. The maximum atomic E-state index is 13.1. The molecule has 3 aromatic carbocycles.